The molecule has 0 aliphatic rings. The number of aromatic nitrogens is 1. The molecule has 80 valence electrons. The topological polar surface area (TPSA) is 48.4 Å². The van der Waals surface area contributed by atoms with E-state index in [0.29, 0.717) is 18.1 Å². The number of esters is 1. The van der Waals surface area contributed by atoms with Crippen molar-refractivity contribution >= 4 is 12.0 Å². The first-order valence-corrected chi connectivity index (χ1v) is 4.57. The molecule has 0 saturated heterocycles. The fourth-order valence-corrected chi connectivity index (χ4v) is 1.09. The van der Waals surface area contributed by atoms with Gasteiger partial charge in [-0.3, -0.25) is 0 Å². The second-order valence-corrected chi connectivity index (χ2v) is 2.71. The van der Waals surface area contributed by atoms with Gasteiger partial charge in [-0.25, -0.2) is 9.78 Å². The van der Waals surface area contributed by atoms with Gasteiger partial charge in [0, 0.05) is 0 Å². The first kappa shape index (κ1) is 11.2. The summed E-state index contributed by atoms with van der Waals surface area (Å²) in [6.45, 7) is 5.88. The first-order chi connectivity index (χ1) is 7.22. The van der Waals surface area contributed by atoms with Crippen molar-refractivity contribution in [2.24, 2.45) is 0 Å². The molecule has 0 unspecified atom stereocenters. The van der Waals surface area contributed by atoms with Crippen molar-refractivity contribution in [3.8, 4) is 5.75 Å². The van der Waals surface area contributed by atoms with Gasteiger partial charge in [0.15, 0.2) is 11.4 Å². The van der Waals surface area contributed by atoms with E-state index < -0.39 is 5.97 Å². The lowest BCUT2D eigenvalue weighted by atomic mass is 10.2. The lowest BCUT2D eigenvalue weighted by Crippen LogP contribution is -2.08. The molecule has 0 N–H and O–H groups in total. The van der Waals surface area contributed by atoms with Crippen molar-refractivity contribution < 1.29 is 14.3 Å². The van der Waals surface area contributed by atoms with Gasteiger partial charge in [-0.05, 0) is 25.1 Å². The molecule has 0 fully saturated rings. The van der Waals surface area contributed by atoms with E-state index in [1.54, 1.807) is 18.2 Å². The molecule has 0 aromatic carbocycles. The normalized spacial score (nSPS) is 9.47. The van der Waals surface area contributed by atoms with Crippen LogP contribution in [-0.4, -0.2) is 24.7 Å². The highest BCUT2D eigenvalue weighted by Gasteiger charge is 2.14. The summed E-state index contributed by atoms with van der Waals surface area (Å²) in [7, 11) is 1.31. The molecule has 1 heterocycles. The summed E-state index contributed by atoms with van der Waals surface area (Å²) >= 11 is 0. The van der Waals surface area contributed by atoms with Gasteiger partial charge in [-0.2, -0.15) is 0 Å². The lowest BCUT2D eigenvalue weighted by Gasteiger charge is -2.08. The lowest BCUT2D eigenvalue weighted by molar-refractivity contribution is 0.0589. The molecule has 0 aliphatic heterocycles. The quantitative estimate of drug-likeness (QED) is 0.707. The maximum atomic E-state index is 11.4. The number of nitrogens with zero attached hydrogens (tertiary/aromatic N) is 1. The first-order valence-electron chi connectivity index (χ1n) is 4.57. The van der Waals surface area contributed by atoms with Crippen molar-refractivity contribution in [2.45, 2.75) is 6.92 Å². The molecule has 0 spiro atoms. The number of hydrogen-bond acceptors (Lipinski definition) is 4. The second kappa shape index (κ2) is 5.14. The van der Waals surface area contributed by atoms with Gasteiger partial charge in [-0.1, -0.05) is 6.58 Å². The molecule has 0 bridgehead atoms. The fraction of sp³-hybridized carbons (Fsp3) is 0.273. The Morgan fingerprint density at radius 3 is 2.87 bits per heavy atom. The summed E-state index contributed by atoms with van der Waals surface area (Å²) in [6.07, 6.45) is 1.56. The predicted octanol–water partition coefficient (Wildman–Crippen LogP) is 1.91. The number of rotatable bonds is 4. The molecule has 0 saturated carbocycles. The SMILES string of the molecule is C=Cc1ccc(OCC)c(C(=O)OC)n1. The number of carbonyl (C=O) groups is 1. The minimum atomic E-state index is -0.512. The number of methoxy groups -OCH3 is 1. The Kier molecular flexibility index (Phi) is 3.85. The van der Waals surface area contributed by atoms with E-state index in [4.69, 9.17) is 4.74 Å². The van der Waals surface area contributed by atoms with E-state index >= 15 is 0 Å². The largest absolute Gasteiger partial charge is 0.491 e. The van der Waals surface area contributed by atoms with Crippen molar-refractivity contribution in [1.29, 1.82) is 0 Å². The molecule has 0 atom stereocenters. The van der Waals surface area contributed by atoms with Crippen molar-refractivity contribution in [3.63, 3.8) is 0 Å². The van der Waals surface area contributed by atoms with E-state index in [9.17, 15) is 4.79 Å². The smallest absolute Gasteiger partial charge is 0.360 e. The minimum absolute atomic E-state index is 0.178. The van der Waals surface area contributed by atoms with Crippen LogP contribution in [0, 0.1) is 0 Å². The van der Waals surface area contributed by atoms with E-state index in [-0.39, 0.29) is 5.69 Å². The van der Waals surface area contributed by atoms with Gasteiger partial charge in [-0.15, -0.1) is 0 Å². The average molecular weight is 207 g/mol. The molecule has 0 aliphatic carbocycles. The van der Waals surface area contributed by atoms with Gasteiger partial charge < -0.3 is 9.47 Å². The summed E-state index contributed by atoms with van der Waals surface area (Å²) in [5.41, 5.74) is 0.788. The standard InChI is InChI=1S/C11H13NO3/c1-4-8-6-7-9(15-5-2)10(12-8)11(13)14-3/h4,6-7H,1,5H2,2-3H3. The van der Waals surface area contributed by atoms with Crippen LogP contribution in [0.5, 0.6) is 5.75 Å². The van der Waals surface area contributed by atoms with Gasteiger partial charge in [0.1, 0.15) is 0 Å². The highest BCUT2D eigenvalue weighted by Crippen LogP contribution is 2.18. The Morgan fingerprint density at radius 1 is 1.60 bits per heavy atom. The molecule has 1 aromatic heterocycles. The van der Waals surface area contributed by atoms with Crippen LogP contribution in [0.2, 0.25) is 0 Å². The van der Waals surface area contributed by atoms with Crippen LogP contribution >= 0.6 is 0 Å². The van der Waals surface area contributed by atoms with Gasteiger partial charge >= 0.3 is 5.97 Å². The molecular weight excluding hydrogens is 194 g/mol. The molecular formula is C11H13NO3. The zero-order valence-corrected chi connectivity index (χ0v) is 8.82. The molecule has 1 rings (SSSR count). The predicted molar refractivity (Wildman–Crippen MR) is 56.8 cm³/mol. The third-order valence-electron chi connectivity index (χ3n) is 1.77. The monoisotopic (exact) mass is 207 g/mol. The van der Waals surface area contributed by atoms with E-state index in [2.05, 4.69) is 16.3 Å². The highest BCUT2D eigenvalue weighted by atomic mass is 16.5. The maximum Gasteiger partial charge on any atom is 0.360 e. The summed E-state index contributed by atoms with van der Waals surface area (Å²) < 4.78 is 9.87. The van der Waals surface area contributed by atoms with Crippen LogP contribution in [0.15, 0.2) is 18.7 Å². The molecule has 0 radical (unpaired) electrons. The molecule has 15 heavy (non-hydrogen) atoms. The second-order valence-electron chi connectivity index (χ2n) is 2.71. The zero-order valence-electron chi connectivity index (χ0n) is 8.82. The minimum Gasteiger partial charge on any atom is -0.491 e. The summed E-state index contributed by atoms with van der Waals surface area (Å²) in [6, 6.07) is 3.41. The molecule has 1 aromatic rings. The summed E-state index contributed by atoms with van der Waals surface area (Å²) in [5, 5.41) is 0. The third-order valence-corrected chi connectivity index (χ3v) is 1.77. The highest BCUT2D eigenvalue weighted by molar-refractivity contribution is 5.90. The number of ether oxygens (including phenoxy) is 2. The molecule has 4 nitrogen and oxygen atoms in total. The Hall–Kier alpha value is -1.84. The van der Waals surface area contributed by atoms with Crippen LogP contribution in [0.1, 0.15) is 23.1 Å². The maximum absolute atomic E-state index is 11.4. The van der Waals surface area contributed by atoms with Gasteiger partial charge in [0.25, 0.3) is 0 Å². The molecule has 4 heteroatoms. The van der Waals surface area contributed by atoms with E-state index in [1.807, 2.05) is 6.92 Å². The summed E-state index contributed by atoms with van der Waals surface area (Å²) in [4.78, 5) is 15.4. The van der Waals surface area contributed by atoms with Crippen molar-refractivity contribution in [2.75, 3.05) is 13.7 Å². The Morgan fingerprint density at radius 2 is 2.33 bits per heavy atom. The number of hydrogen-bond donors (Lipinski definition) is 0. The van der Waals surface area contributed by atoms with Crippen LogP contribution in [0.4, 0.5) is 0 Å². The Balaban J connectivity index is 3.15. The Labute approximate surface area is 88.5 Å². The molecule has 0 amide bonds. The van der Waals surface area contributed by atoms with E-state index in [1.165, 1.54) is 7.11 Å². The fourth-order valence-electron chi connectivity index (χ4n) is 1.09. The van der Waals surface area contributed by atoms with Crippen LogP contribution in [0.3, 0.4) is 0 Å². The van der Waals surface area contributed by atoms with E-state index in [0.717, 1.165) is 0 Å². The number of carbonyl (C=O) groups excluding carboxylic acids is 1. The van der Waals surface area contributed by atoms with Crippen LogP contribution < -0.4 is 4.74 Å². The zero-order chi connectivity index (χ0) is 11.3. The average Bonchev–Trinajstić information content (AvgIpc) is 2.29. The van der Waals surface area contributed by atoms with Crippen molar-refractivity contribution in [1.82, 2.24) is 4.98 Å². The van der Waals surface area contributed by atoms with Crippen LogP contribution in [-0.2, 0) is 4.74 Å². The van der Waals surface area contributed by atoms with Crippen molar-refractivity contribution in [3.05, 3.63) is 30.1 Å². The third kappa shape index (κ3) is 2.56. The summed E-state index contributed by atoms with van der Waals surface area (Å²) in [5.74, 6) is -0.0860. The Bertz CT molecular complexity index is 374. The van der Waals surface area contributed by atoms with Crippen LogP contribution in [0.25, 0.3) is 6.08 Å². The van der Waals surface area contributed by atoms with Gasteiger partial charge in [0.05, 0.1) is 19.4 Å². The number of pyridine rings is 1. The van der Waals surface area contributed by atoms with Gasteiger partial charge in [0.2, 0.25) is 0 Å².